The van der Waals surface area contributed by atoms with Gasteiger partial charge in [-0.05, 0) is 56.2 Å². The minimum absolute atomic E-state index is 0.0925. The standard InChI is InChI=1S/C29H44N6O4/c1-17(30-5)25(36)33-24(29(2,3)4)27(38)34-15-14-22-23(34)20(16-35(22)28(39)31-6)26(37)32-21-13-9-11-18-10-7-8-12-19(18)21/h7-8,10,12,17,20-24,30H,9,11,13-16H2,1-6H3,(H,31,39)(H,32,37)(H,33,36)/t17-,20-,21?,22+,23+,24+/m0/s1. The lowest BCUT2D eigenvalue weighted by molar-refractivity contribution is -0.142. The zero-order chi connectivity index (χ0) is 28.5. The minimum Gasteiger partial charge on any atom is -0.349 e. The van der Waals surface area contributed by atoms with Crippen molar-refractivity contribution in [2.45, 2.75) is 83.6 Å². The Bertz CT molecular complexity index is 1100. The summed E-state index contributed by atoms with van der Waals surface area (Å²) in [5.41, 5.74) is 1.84. The van der Waals surface area contributed by atoms with E-state index in [1.807, 2.05) is 32.9 Å². The monoisotopic (exact) mass is 540 g/mol. The second-order valence-electron chi connectivity index (χ2n) is 12.2. The van der Waals surface area contributed by atoms with Gasteiger partial charge in [-0.25, -0.2) is 4.79 Å². The molecule has 1 aromatic carbocycles. The summed E-state index contributed by atoms with van der Waals surface area (Å²) >= 11 is 0. The highest BCUT2D eigenvalue weighted by atomic mass is 16.2. The summed E-state index contributed by atoms with van der Waals surface area (Å²) in [4.78, 5) is 57.0. The molecular formula is C29H44N6O4. The molecule has 2 aliphatic heterocycles. The van der Waals surface area contributed by atoms with E-state index in [4.69, 9.17) is 0 Å². The number of fused-ring (bicyclic) bond motifs is 2. The molecule has 1 aromatic rings. The zero-order valence-electron chi connectivity index (χ0n) is 24.0. The number of carbonyl (C=O) groups is 4. The van der Waals surface area contributed by atoms with Crippen LogP contribution in [0.1, 0.15) is 64.1 Å². The van der Waals surface area contributed by atoms with Crippen molar-refractivity contribution >= 4 is 23.8 Å². The van der Waals surface area contributed by atoms with Crippen LogP contribution in [0.2, 0.25) is 0 Å². The number of likely N-dealkylation sites (tertiary alicyclic amines) is 2. The molecular weight excluding hydrogens is 496 g/mol. The van der Waals surface area contributed by atoms with Crippen LogP contribution < -0.4 is 21.3 Å². The molecule has 0 aromatic heterocycles. The Morgan fingerprint density at radius 2 is 1.74 bits per heavy atom. The van der Waals surface area contributed by atoms with E-state index in [2.05, 4.69) is 33.4 Å². The minimum atomic E-state index is -0.775. The maximum Gasteiger partial charge on any atom is 0.317 e. The number of nitrogens with one attached hydrogen (secondary N) is 4. The molecule has 1 aliphatic carbocycles. The number of likely N-dealkylation sites (N-methyl/N-ethyl adjacent to an activating group) is 1. The topological polar surface area (TPSA) is 123 Å². The van der Waals surface area contributed by atoms with Crippen molar-refractivity contribution < 1.29 is 19.2 Å². The van der Waals surface area contributed by atoms with Crippen LogP contribution in [0.3, 0.4) is 0 Å². The van der Waals surface area contributed by atoms with Crippen molar-refractivity contribution in [2.75, 3.05) is 27.2 Å². The number of carbonyl (C=O) groups excluding carboxylic acids is 4. The predicted molar refractivity (Wildman–Crippen MR) is 149 cm³/mol. The first-order valence-corrected chi connectivity index (χ1v) is 14.1. The van der Waals surface area contributed by atoms with Crippen LogP contribution in [0.5, 0.6) is 0 Å². The third-order valence-electron chi connectivity index (χ3n) is 8.63. The van der Waals surface area contributed by atoms with E-state index in [9.17, 15) is 19.2 Å². The van der Waals surface area contributed by atoms with Gasteiger partial charge in [0.1, 0.15) is 6.04 Å². The highest BCUT2D eigenvalue weighted by molar-refractivity contribution is 5.92. The van der Waals surface area contributed by atoms with Crippen LogP contribution in [-0.2, 0) is 20.8 Å². The Hall–Kier alpha value is -3.14. The first kappa shape index (κ1) is 28.9. The maximum atomic E-state index is 14.1. The first-order valence-electron chi connectivity index (χ1n) is 14.1. The molecule has 39 heavy (non-hydrogen) atoms. The summed E-state index contributed by atoms with van der Waals surface area (Å²) in [5.74, 6) is -1.19. The van der Waals surface area contributed by atoms with Gasteiger partial charge in [0.15, 0.2) is 0 Å². The molecule has 0 saturated carbocycles. The number of rotatable bonds is 6. The van der Waals surface area contributed by atoms with Crippen LogP contribution in [0.15, 0.2) is 24.3 Å². The van der Waals surface area contributed by atoms with Crippen molar-refractivity contribution in [3.8, 4) is 0 Å². The van der Waals surface area contributed by atoms with E-state index in [1.54, 1.807) is 30.8 Å². The van der Waals surface area contributed by atoms with Gasteiger partial charge in [-0.1, -0.05) is 45.0 Å². The van der Waals surface area contributed by atoms with Gasteiger partial charge in [0.25, 0.3) is 0 Å². The van der Waals surface area contributed by atoms with E-state index < -0.39 is 29.5 Å². The number of urea groups is 1. The molecule has 2 fully saturated rings. The second kappa shape index (κ2) is 11.5. The molecule has 6 atom stereocenters. The number of benzene rings is 1. The Morgan fingerprint density at radius 1 is 1.03 bits per heavy atom. The number of amides is 5. The van der Waals surface area contributed by atoms with Gasteiger partial charge in [0.05, 0.1) is 30.1 Å². The van der Waals surface area contributed by atoms with Crippen LogP contribution in [0.25, 0.3) is 0 Å². The van der Waals surface area contributed by atoms with Gasteiger partial charge < -0.3 is 31.1 Å². The van der Waals surface area contributed by atoms with E-state index in [0.717, 1.165) is 24.8 Å². The van der Waals surface area contributed by atoms with E-state index in [0.29, 0.717) is 13.0 Å². The summed E-state index contributed by atoms with van der Waals surface area (Å²) in [6, 6.07) is 5.90. The number of hydrogen-bond donors (Lipinski definition) is 4. The molecule has 10 nitrogen and oxygen atoms in total. The van der Waals surface area contributed by atoms with E-state index >= 15 is 0 Å². The fraction of sp³-hybridized carbons (Fsp3) is 0.655. The molecule has 2 heterocycles. The highest BCUT2D eigenvalue weighted by Crippen LogP contribution is 2.38. The molecule has 4 N–H and O–H groups in total. The van der Waals surface area contributed by atoms with Gasteiger partial charge in [0, 0.05) is 20.1 Å². The Morgan fingerprint density at radius 3 is 2.41 bits per heavy atom. The lowest BCUT2D eigenvalue weighted by Gasteiger charge is -2.37. The summed E-state index contributed by atoms with van der Waals surface area (Å²) in [6.45, 7) is 8.16. The summed E-state index contributed by atoms with van der Waals surface area (Å²) < 4.78 is 0. The smallest absolute Gasteiger partial charge is 0.317 e. The molecule has 3 aliphatic rings. The third-order valence-corrected chi connectivity index (χ3v) is 8.63. The lowest BCUT2D eigenvalue weighted by Crippen LogP contribution is -2.59. The van der Waals surface area contributed by atoms with Crippen molar-refractivity contribution in [3.05, 3.63) is 35.4 Å². The van der Waals surface area contributed by atoms with Crippen LogP contribution in [-0.4, -0.2) is 84.9 Å². The maximum absolute atomic E-state index is 14.1. The molecule has 4 rings (SSSR count). The largest absolute Gasteiger partial charge is 0.349 e. The molecule has 214 valence electrons. The van der Waals surface area contributed by atoms with Crippen molar-refractivity contribution in [2.24, 2.45) is 11.3 Å². The fourth-order valence-electron chi connectivity index (χ4n) is 6.35. The Balaban J connectivity index is 1.60. The third kappa shape index (κ3) is 5.76. The lowest BCUT2D eigenvalue weighted by atomic mass is 9.84. The van der Waals surface area contributed by atoms with Crippen molar-refractivity contribution in [1.29, 1.82) is 0 Å². The average Bonchev–Trinajstić information content (AvgIpc) is 3.51. The van der Waals surface area contributed by atoms with Crippen molar-refractivity contribution in [3.63, 3.8) is 0 Å². The van der Waals surface area contributed by atoms with Gasteiger partial charge in [-0.15, -0.1) is 0 Å². The molecule has 0 radical (unpaired) electrons. The fourth-order valence-corrected chi connectivity index (χ4v) is 6.35. The summed E-state index contributed by atoms with van der Waals surface area (Å²) in [6.07, 6.45) is 3.42. The number of nitrogens with zero attached hydrogens (tertiary/aromatic N) is 2. The van der Waals surface area contributed by atoms with Crippen LogP contribution >= 0.6 is 0 Å². The SMILES string of the molecule is CNC(=O)N1C[C@H](C(=O)NC2CCCc3ccccc32)[C@@H]2[C@H]1CCN2C(=O)[C@@H](NC(=O)[C@H](C)NC)C(C)(C)C. The quantitative estimate of drug-likeness (QED) is 0.436. The molecule has 1 unspecified atom stereocenters. The normalized spacial score (nSPS) is 25.8. The molecule has 0 spiro atoms. The highest BCUT2D eigenvalue weighted by Gasteiger charge is 2.55. The number of hydrogen-bond acceptors (Lipinski definition) is 5. The predicted octanol–water partition coefficient (Wildman–Crippen LogP) is 1.56. The first-order chi connectivity index (χ1) is 18.5. The van der Waals surface area contributed by atoms with Crippen LogP contribution in [0, 0.1) is 11.3 Å². The summed E-state index contributed by atoms with van der Waals surface area (Å²) in [5, 5.41) is 11.8. The Labute approximate surface area is 231 Å². The Kier molecular flexibility index (Phi) is 8.54. The molecule has 5 amide bonds. The zero-order valence-corrected chi connectivity index (χ0v) is 24.0. The molecule has 0 bridgehead atoms. The molecule has 2 saturated heterocycles. The van der Waals surface area contributed by atoms with Gasteiger partial charge >= 0.3 is 6.03 Å². The van der Waals surface area contributed by atoms with Gasteiger partial charge in [-0.3, -0.25) is 14.4 Å². The van der Waals surface area contributed by atoms with E-state index in [-0.39, 0.29) is 42.4 Å². The van der Waals surface area contributed by atoms with Crippen LogP contribution in [0.4, 0.5) is 4.79 Å². The van der Waals surface area contributed by atoms with Crippen molar-refractivity contribution in [1.82, 2.24) is 31.1 Å². The second-order valence-corrected chi connectivity index (χ2v) is 12.2. The summed E-state index contributed by atoms with van der Waals surface area (Å²) in [7, 11) is 3.28. The van der Waals surface area contributed by atoms with Gasteiger partial charge in [-0.2, -0.15) is 0 Å². The number of aryl methyl sites for hydroxylation is 1. The average molecular weight is 541 g/mol. The van der Waals surface area contributed by atoms with Gasteiger partial charge in [0.2, 0.25) is 17.7 Å². The molecule has 10 heteroatoms. The van der Waals surface area contributed by atoms with E-state index in [1.165, 1.54) is 5.56 Å².